The summed E-state index contributed by atoms with van der Waals surface area (Å²) < 4.78 is 2.52. The fraction of sp³-hybridized carbons (Fsp3) is 0.250. The summed E-state index contributed by atoms with van der Waals surface area (Å²) in [6.45, 7) is 1.49. The Hall–Kier alpha value is -1.50. The molecule has 0 saturated heterocycles. The molecule has 0 aliphatic rings. The fourth-order valence-electron chi connectivity index (χ4n) is 1.08. The number of nitrogens with zero attached hydrogens (tertiary/aromatic N) is 5. The molecule has 0 aromatic carbocycles. The van der Waals surface area contributed by atoms with Crippen LogP contribution in [0.1, 0.15) is 0 Å². The highest BCUT2D eigenvalue weighted by Crippen LogP contribution is 2.08. The fourth-order valence-corrected chi connectivity index (χ4v) is 1.39. The Morgan fingerprint density at radius 1 is 1.40 bits per heavy atom. The van der Waals surface area contributed by atoms with Crippen LogP contribution in [0.2, 0.25) is 0 Å². The standard InChI is InChI=1S/C8H9BrN6/c9-7-5-8(12-6-11-7)10-1-3-15-4-2-13-14-15/h2,4-6H,1,3H2,(H,10,11,12). The second-order valence-corrected chi connectivity index (χ2v) is 3.63. The number of hydrogen-bond donors (Lipinski definition) is 1. The summed E-state index contributed by atoms with van der Waals surface area (Å²) in [6, 6.07) is 1.82. The number of halogens is 1. The van der Waals surface area contributed by atoms with Crippen LogP contribution in [0.3, 0.4) is 0 Å². The first-order chi connectivity index (χ1) is 7.34. The molecule has 2 aromatic heterocycles. The van der Waals surface area contributed by atoms with Crippen molar-refractivity contribution in [1.82, 2.24) is 25.0 Å². The Balaban J connectivity index is 1.83. The lowest BCUT2D eigenvalue weighted by Gasteiger charge is -2.04. The molecule has 15 heavy (non-hydrogen) atoms. The van der Waals surface area contributed by atoms with Crippen molar-refractivity contribution in [1.29, 1.82) is 0 Å². The molecule has 0 amide bonds. The molecule has 0 aliphatic heterocycles. The maximum absolute atomic E-state index is 4.06. The van der Waals surface area contributed by atoms with Gasteiger partial charge in [0.25, 0.3) is 0 Å². The molecule has 2 rings (SSSR count). The van der Waals surface area contributed by atoms with Crippen molar-refractivity contribution < 1.29 is 0 Å². The van der Waals surface area contributed by atoms with E-state index in [-0.39, 0.29) is 0 Å². The predicted octanol–water partition coefficient (Wildman–Crippen LogP) is 0.943. The number of nitrogens with one attached hydrogen (secondary N) is 1. The molecular formula is C8H9BrN6. The summed E-state index contributed by atoms with van der Waals surface area (Å²) in [6.07, 6.45) is 4.97. The summed E-state index contributed by atoms with van der Waals surface area (Å²) in [7, 11) is 0. The summed E-state index contributed by atoms with van der Waals surface area (Å²) in [5, 5.41) is 10.7. The Morgan fingerprint density at radius 3 is 3.07 bits per heavy atom. The quantitative estimate of drug-likeness (QED) is 0.837. The van der Waals surface area contributed by atoms with E-state index in [1.54, 1.807) is 10.9 Å². The molecule has 6 nitrogen and oxygen atoms in total. The van der Waals surface area contributed by atoms with Gasteiger partial charge in [-0.25, -0.2) is 9.97 Å². The molecule has 0 spiro atoms. The minimum absolute atomic E-state index is 0.743. The van der Waals surface area contributed by atoms with Crippen molar-refractivity contribution in [3.63, 3.8) is 0 Å². The number of aromatic nitrogens is 5. The predicted molar refractivity (Wildman–Crippen MR) is 58.2 cm³/mol. The van der Waals surface area contributed by atoms with Crippen molar-refractivity contribution in [2.24, 2.45) is 0 Å². The van der Waals surface area contributed by atoms with Gasteiger partial charge in [0.1, 0.15) is 16.7 Å². The van der Waals surface area contributed by atoms with E-state index in [9.17, 15) is 0 Å². The smallest absolute Gasteiger partial charge is 0.130 e. The highest BCUT2D eigenvalue weighted by Gasteiger charge is 1.95. The van der Waals surface area contributed by atoms with Crippen LogP contribution in [0.15, 0.2) is 29.4 Å². The van der Waals surface area contributed by atoms with Crippen LogP contribution >= 0.6 is 15.9 Å². The van der Waals surface area contributed by atoms with Crippen molar-refractivity contribution in [2.45, 2.75) is 6.54 Å². The maximum Gasteiger partial charge on any atom is 0.130 e. The zero-order chi connectivity index (χ0) is 10.5. The lowest BCUT2D eigenvalue weighted by atomic mass is 10.5. The lowest BCUT2D eigenvalue weighted by molar-refractivity contribution is 0.608. The maximum atomic E-state index is 4.06. The van der Waals surface area contributed by atoms with Crippen LogP contribution in [0.25, 0.3) is 0 Å². The average molecular weight is 269 g/mol. The third-order valence-electron chi connectivity index (χ3n) is 1.75. The summed E-state index contributed by atoms with van der Waals surface area (Å²) in [5.74, 6) is 0.789. The molecule has 2 aromatic rings. The van der Waals surface area contributed by atoms with E-state index >= 15 is 0 Å². The Kier molecular flexibility index (Phi) is 3.23. The molecule has 0 atom stereocenters. The van der Waals surface area contributed by atoms with Crippen LogP contribution in [-0.2, 0) is 6.54 Å². The third kappa shape index (κ3) is 2.98. The van der Waals surface area contributed by atoms with Gasteiger partial charge in [-0.1, -0.05) is 5.21 Å². The molecule has 0 saturated carbocycles. The van der Waals surface area contributed by atoms with E-state index in [4.69, 9.17) is 0 Å². The highest BCUT2D eigenvalue weighted by molar-refractivity contribution is 9.10. The Bertz CT molecular complexity index is 415. The van der Waals surface area contributed by atoms with Crippen LogP contribution in [0.5, 0.6) is 0 Å². The molecule has 7 heteroatoms. The number of anilines is 1. The average Bonchev–Trinajstić information content (AvgIpc) is 2.71. The van der Waals surface area contributed by atoms with E-state index in [1.165, 1.54) is 6.33 Å². The molecule has 78 valence electrons. The van der Waals surface area contributed by atoms with E-state index in [1.807, 2.05) is 12.3 Å². The second kappa shape index (κ2) is 4.83. The number of rotatable bonds is 4. The van der Waals surface area contributed by atoms with Crippen LogP contribution in [0, 0.1) is 0 Å². The van der Waals surface area contributed by atoms with Crippen LogP contribution in [0.4, 0.5) is 5.82 Å². The Morgan fingerprint density at radius 2 is 2.33 bits per heavy atom. The van der Waals surface area contributed by atoms with Gasteiger partial charge < -0.3 is 5.32 Å². The first kappa shape index (κ1) is 10.0. The van der Waals surface area contributed by atoms with Gasteiger partial charge >= 0.3 is 0 Å². The van der Waals surface area contributed by atoms with Crippen LogP contribution in [-0.4, -0.2) is 31.5 Å². The largest absolute Gasteiger partial charge is 0.368 e. The molecule has 0 bridgehead atoms. The van der Waals surface area contributed by atoms with Crippen molar-refractivity contribution >= 4 is 21.7 Å². The first-order valence-corrected chi connectivity index (χ1v) is 5.19. The van der Waals surface area contributed by atoms with Crippen molar-refractivity contribution in [3.8, 4) is 0 Å². The minimum Gasteiger partial charge on any atom is -0.368 e. The van der Waals surface area contributed by atoms with Gasteiger partial charge in [-0.05, 0) is 15.9 Å². The monoisotopic (exact) mass is 268 g/mol. The second-order valence-electron chi connectivity index (χ2n) is 2.82. The van der Waals surface area contributed by atoms with Gasteiger partial charge in [0.2, 0.25) is 0 Å². The van der Waals surface area contributed by atoms with Gasteiger partial charge in [-0.3, -0.25) is 4.68 Å². The topological polar surface area (TPSA) is 68.5 Å². The summed E-state index contributed by atoms with van der Waals surface area (Å²) in [5.41, 5.74) is 0. The zero-order valence-corrected chi connectivity index (χ0v) is 9.42. The Labute approximate surface area is 94.9 Å². The lowest BCUT2D eigenvalue weighted by Crippen LogP contribution is -2.11. The molecule has 1 N–H and O–H groups in total. The SMILES string of the molecule is Brc1cc(NCCn2ccnn2)ncn1. The highest BCUT2D eigenvalue weighted by atomic mass is 79.9. The number of hydrogen-bond acceptors (Lipinski definition) is 5. The molecule has 0 radical (unpaired) electrons. The molecule has 0 fully saturated rings. The van der Waals surface area contributed by atoms with E-state index in [0.717, 1.165) is 23.5 Å². The molecule has 0 aliphatic carbocycles. The summed E-state index contributed by atoms with van der Waals surface area (Å²) in [4.78, 5) is 8.00. The first-order valence-electron chi connectivity index (χ1n) is 4.40. The minimum atomic E-state index is 0.743. The van der Waals surface area contributed by atoms with E-state index < -0.39 is 0 Å². The van der Waals surface area contributed by atoms with Gasteiger partial charge in [-0.15, -0.1) is 5.10 Å². The summed E-state index contributed by atoms with van der Waals surface area (Å²) >= 11 is 3.27. The van der Waals surface area contributed by atoms with Gasteiger partial charge in [0.05, 0.1) is 12.7 Å². The molecular weight excluding hydrogens is 260 g/mol. The van der Waals surface area contributed by atoms with Gasteiger partial charge in [0, 0.05) is 18.8 Å². The zero-order valence-electron chi connectivity index (χ0n) is 7.84. The normalized spacial score (nSPS) is 10.2. The van der Waals surface area contributed by atoms with Crippen molar-refractivity contribution in [3.05, 3.63) is 29.4 Å². The van der Waals surface area contributed by atoms with Crippen LogP contribution < -0.4 is 5.32 Å². The van der Waals surface area contributed by atoms with E-state index in [0.29, 0.717) is 0 Å². The van der Waals surface area contributed by atoms with E-state index in [2.05, 4.69) is 41.5 Å². The van der Waals surface area contributed by atoms with Gasteiger partial charge in [-0.2, -0.15) is 0 Å². The third-order valence-corrected chi connectivity index (χ3v) is 2.19. The van der Waals surface area contributed by atoms with Crippen molar-refractivity contribution in [2.75, 3.05) is 11.9 Å². The molecule has 0 unspecified atom stereocenters. The van der Waals surface area contributed by atoms with Gasteiger partial charge in [0.15, 0.2) is 0 Å². The molecule has 2 heterocycles.